The van der Waals surface area contributed by atoms with Gasteiger partial charge in [0.15, 0.2) is 5.17 Å². The van der Waals surface area contributed by atoms with E-state index in [1.54, 1.807) is 17.5 Å². The Morgan fingerprint density at radius 2 is 1.81 bits per heavy atom. The van der Waals surface area contributed by atoms with Crippen molar-refractivity contribution in [3.8, 4) is 0 Å². The van der Waals surface area contributed by atoms with Gasteiger partial charge in [-0.1, -0.05) is 54.2 Å². The van der Waals surface area contributed by atoms with Crippen LogP contribution in [0.5, 0.6) is 0 Å². The smallest absolute Gasteiger partial charge is 0.258 e. The van der Waals surface area contributed by atoms with Crippen LogP contribution in [-0.4, -0.2) is 28.6 Å². The van der Waals surface area contributed by atoms with Gasteiger partial charge >= 0.3 is 0 Å². The van der Waals surface area contributed by atoms with E-state index in [4.69, 9.17) is 0 Å². The Labute approximate surface area is 154 Å². The number of nitrogens with zero attached hydrogens (tertiary/aromatic N) is 3. The Morgan fingerprint density at radius 1 is 1.12 bits per heavy atom. The molecule has 2 aliphatic rings. The molecule has 0 saturated carbocycles. The molecule has 26 heavy (non-hydrogen) atoms. The highest BCUT2D eigenvalue weighted by molar-refractivity contribution is 8.18. The maximum Gasteiger partial charge on any atom is 0.269 e. The second-order valence-corrected chi connectivity index (χ2v) is 8.50. The van der Waals surface area contributed by atoms with Crippen molar-refractivity contribution >= 4 is 38.3 Å². The average molecular weight is 387 g/mol. The Morgan fingerprint density at radius 3 is 2.46 bits per heavy atom. The number of thioether (sulfide) groups is 1. The summed E-state index contributed by atoms with van der Waals surface area (Å²) in [6.07, 6.45) is 0. The van der Waals surface area contributed by atoms with Crippen LogP contribution >= 0.6 is 11.8 Å². The maximum absolute atomic E-state index is 12.9. The lowest BCUT2D eigenvalue weighted by Gasteiger charge is -2.29. The number of hydrogen-bond donors (Lipinski definition) is 0. The average Bonchev–Trinajstić information content (AvgIpc) is 3.07. The van der Waals surface area contributed by atoms with Crippen LogP contribution in [-0.2, 0) is 10.0 Å². The highest BCUT2D eigenvalue weighted by Crippen LogP contribution is 2.41. The maximum atomic E-state index is 12.9. The zero-order chi connectivity index (χ0) is 18.3. The van der Waals surface area contributed by atoms with E-state index in [1.807, 2.05) is 30.3 Å². The lowest BCUT2D eigenvalue weighted by Crippen LogP contribution is -2.38. The Hall–Kier alpha value is -2.65. The Kier molecular flexibility index (Phi) is 4.04. The molecule has 9 heteroatoms. The number of sulfonamides is 1. The molecule has 132 valence electrons. The summed E-state index contributed by atoms with van der Waals surface area (Å²) in [5.41, 5.74) is 2.00. The highest BCUT2D eigenvalue weighted by atomic mass is 32.2. The van der Waals surface area contributed by atoms with Crippen molar-refractivity contribution in [2.24, 2.45) is 4.99 Å². The van der Waals surface area contributed by atoms with E-state index in [9.17, 15) is 18.5 Å². The summed E-state index contributed by atoms with van der Waals surface area (Å²) in [4.78, 5) is 14.9. The number of non-ortho nitro benzene ring substituents is 1. The quantitative estimate of drug-likeness (QED) is 0.594. The molecule has 0 saturated heterocycles. The molecule has 2 aliphatic heterocycles. The number of rotatable bonds is 3. The fourth-order valence-corrected chi connectivity index (χ4v) is 5.82. The van der Waals surface area contributed by atoms with Gasteiger partial charge in [-0.15, -0.1) is 0 Å². The van der Waals surface area contributed by atoms with Crippen molar-refractivity contribution in [1.29, 1.82) is 0 Å². The molecule has 0 aromatic heterocycles. The van der Waals surface area contributed by atoms with Crippen LogP contribution in [0.2, 0.25) is 0 Å². The Bertz CT molecular complexity index is 1030. The third kappa shape index (κ3) is 2.89. The minimum atomic E-state index is -3.60. The fraction of sp³-hybridized carbons (Fsp3) is 0.118. The SMILES string of the molecule is O=[N+]([O-])c1ccc(C2CS(=O)(=O)N3C(c4ccccc4)=CSC3=N2)cc1. The third-order valence-corrected chi connectivity index (χ3v) is 6.76. The monoisotopic (exact) mass is 387 g/mol. The number of nitro groups is 1. The largest absolute Gasteiger partial charge is 0.269 e. The molecule has 2 aromatic rings. The van der Waals surface area contributed by atoms with Gasteiger partial charge in [-0.2, -0.15) is 0 Å². The molecule has 1 unspecified atom stereocenters. The van der Waals surface area contributed by atoms with Gasteiger partial charge in [-0.3, -0.25) is 15.1 Å². The molecule has 1 atom stereocenters. The van der Waals surface area contributed by atoms with Crippen molar-refractivity contribution in [3.05, 3.63) is 81.2 Å². The van der Waals surface area contributed by atoms with E-state index in [-0.39, 0.29) is 11.4 Å². The van der Waals surface area contributed by atoms with Gasteiger partial charge in [0.2, 0.25) is 10.0 Å². The molecule has 4 rings (SSSR count). The molecule has 0 N–H and O–H groups in total. The number of aliphatic imine (C=N–C) groups is 1. The van der Waals surface area contributed by atoms with E-state index in [0.717, 1.165) is 5.56 Å². The summed E-state index contributed by atoms with van der Waals surface area (Å²) < 4.78 is 27.1. The third-order valence-electron chi connectivity index (χ3n) is 4.14. The van der Waals surface area contributed by atoms with Crippen molar-refractivity contribution in [1.82, 2.24) is 4.31 Å². The van der Waals surface area contributed by atoms with Crippen molar-refractivity contribution in [2.75, 3.05) is 5.75 Å². The fourth-order valence-electron chi connectivity index (χ4n) is 2.89. The number of fused-ring (bicyclic) bond motifs is 1. The van der Waals surface area contributed by atoms with E-state index < -0.39 is 21.0 Å². The molecule has 2 heterocycles. The molecule has 0 fully saturated rings. The summed E-state index contributed by atoms with van der Waals surface area (Å²) in [5.74, 6) is -0.182. The second-order valence-electron chi connectivity index (χ2n) is 5.81. The van der Waals surface area contributed by atoms with Crippen LogP contribution in [0.3, 0.4) is 0 Å². The first-order valence-electron chi connectivity index (χ1n) is 7.73. The number of amidine groups is 1. The van der Waals surface area contributed by atoms with Crippen molar-refractivity contribution in [2.45, 2.75) is 6.04 Å². The first-order valence-corrected chi connectivity index (χ1v) is 10.2. The summed E-state index contributed by atoms with van der Waals surface area (Å²) in [6, 6.07) is 14.6. The van der Waals surface area contributed by atoms with Crippen LogP contribution in [0.15, 0.2) is 65.0 Å². The summed E-state index contributed by atoms with van der Waals surface area (Å²) in [5, 5.41) is 13.0. The molecule has 0 radical (unpaired) electrons. The van der Waals surface area contributed by atoms with Crippen molar-refractivity contribution < 1.29 is 13.3 Å². The normalized spacial score (nSPS) is 20.9. The molecule has 0 spiro atoms. The predicted octanol–water partition coefficient (Wildman–Crippen LogP) is 3.38. The lowest BCUT2D eigenvalue weighted by atomic mass is 10.1. The topological polar surface area (TPSA) is 92.9 Å². The minimum absolute atomic E-state index is 0.0371. The van der Waals surface area contributed by atoms with Gasteiger partial charge in [0, 0.05) is 17.5 Å². The molecule has 0 bridgehead atoms. The standard InChI is InChI=1S/C17H13N3O4S2/c21-20(22)14-8-6-12(7-9-14)15-11-26(23,24)19-16(10-25-17(19)18-15)13-4-2-1-3-5-13/h1-10,15H,11H2. The van der Waals surface area contributed by atoms with Gasteiger partial charge in [-0.25, -0.2) is 12.7 Å². The summed E-state index contributed by atoms with van der Waals surface area (Å²) in [6.45, 7) is 0. The van der Waals surface area contributed by atoms with Gasteiger partial charge in [-0.05, 0) is 11.1 Å². The lowest BCUT2D eigenvalue weighted by molar-refractivity contribution is -0.384. The molecule has 0 aliphatic carbocycles. The minimum Gasteiger partial charge on any atom is -0.258 e. The van der Waals surface area contributed by atoms with Gasteiger partial charge in [0.1, 0.15) is 0 Å². The van der Waals surface area contributed by atoms with Gasteiger partial charge < -0.3 is 0 Å². The predicted molar refractivity (Wildman–Crippen MR) is 101 cm³/mol. The van der Waals surface area contributed by atoms with Crippen LogP contribution in [0, 0.1) is 10.1 Å². The van der Waals surface area contributed by atoms with Gasteiger partial charge in [0.25, 0.3) is 5.69 Å². The van der Waals surface area contributed by atoms with Gasteiger partial charge in [0.05, 0.1) is 22.4 Å². The van der Waals surface area contributed by atoms with Crippen LogP contribution < -0.4 is 0 Å². The first-order chi connectivity index (χ1) is 12.5. The van der Waals surface area contributed by atoms with Crippen molar-refractivity contribution in [3.63, 3.8) is 0 Å². The van der Waals surface area contributed by atoms with E-state index in [2.05, 4.69) is 4.99 Å². The van der Waals surface area contributed by atoms with E-state index in [0.29, 0.717) is 16.4 Å². The molecule has 0 amide bonds. The summed E-state index contributed by atoms with van der Waals surface area (Å²) in [7, 11) is -3.60. The number of nitro benzene ring substituents is 1. The molecular weight excluding hydrogens is 374 g/mol. The zero-order valence-electron chi connectivity index (χ0n) is 13.3. The summed E-state index contributed by atoms with van der Waals surface area (Å²) >= 11 is 1.26. The van der Waals surface area contributed by atoms with E-state index >= 15 is 0 Å². The van der Waals surface area contributed by atoms with Crippen LogP contribution in [0.4, 0.5) is 5.69 Å². The van der Waals surface area contributed by atoms with Crippen LogP contribution in [0.25, 0.3) is 5.70 Å². The highest BCUT2D eigenvalue weighted by Gasteiger charge is 2.40. The first kappa shape index (κ1) is 16.8. The van der Waals surface area contributed by atoms with Crippen LogP contribution in [0.1, 0.15) is 17.2 Å². The molecular formula is C17H13N3O4S2. The Balaban J connectivity index is 1.69. The number of hydrogen-bond acceptors (Lipinski definition) is 6. The number of benzene rings is 2. The molecule has 7 nitrogen and oxygen atoms in total. The van der Waals surface area contributed by atoms with E-state index in [1.165, 1.54) is 28.2 Å². The molecule has 2 aromatic carbocycles. The second kappa shape index (κ2) is 6.26. The zero-order valence-corrected chi connectivity index (χ0v) is 15.0.